The summed E-state index contributed by atoms with van der Waals surface area (Å²) in [5.41, 5.74) is 2.37. The molecule has 2 aromatic rings. The number of benzene rings is 1. The Kier molecular flexibility index (Phi) is 6.37. The number of aromatic nitrogens is 1. The molecule has 0 amide bonds. The molecule has 1 aliphatic heterocycles. The van der Waals surface area contributed by atoms with Gasteiger partial charge in [0.1, 0.15) is 10.8 Å². The molecule has 0 aliphatic carbocycles. The summed E-state index contributed by atoms with van der Waals surface area (Å²) in [5, 5.41) is 10.2. The second-order valence-electron chi connectivity index (χ2n) is 7.22. The maximum Gasteiger partial charge on any atom is 0.303 e. The smallest absolute Gasteiger partial charge is 0.303 e. The van der Waals surface area contributed by atoms with Crippen LogP contribution < -0.4 is 4.90 Å². The third-order valence-electron chi connectivity index (χ3n) is 4.80. The minimum atomic E-state index is -0.754. The molecule has 1 aromatic heterocycles. The quantitative estimate of drug-likeness (QED) is 0.700. The van der Waals surface area contributed by atoms with Gasteiger partial charge in [-0.15, -0.1) is 11.8 Å². The maximum atomic E-state index is 14.9. The fourth-order valence-corrected chi connectivity index (χ4v) is 4.36. The molecule has 1 aliphatic rings. The van der Waals surface area contributed by atoms with Crippen molar-refractivity contribution >= 4 is 23.4 Å². The van der Waals surface area contributed by atoms with E-state index in [0.717, 1.165) is 29.0 Å². The third-order valence-corrected chi connectivity index (χ3v) is 5.82. The lowest BCUT2D eigenvalue weighted by atomic mass is 9.93. The molecule has 0 unspecified atom stereocenters. The van der Waals surface area contributed by atoms with Crippen molar-refractivity contribution in [2.75, 3.05) is 18.0 Å². The van der Waals surface area contributed by atoms with Gasteiger partial charge in [-0.1, -0.05) is 26.0 Å². The number of thioether (sulfide) groups is 1. The number of carbonyl (C=O) groups is 1. The lowest BCUT2D eigenvalue weighted by Gasteiger charge is -2.33. The summed E-state index contributed by atoms with van der Waals surface area (Å²) >= 11 is 1.67. The van der Waals surface area contributed by atoms with Crippen LogP contribution in [0.25, 0.3) is 11.1 Å². The minimum Gasteiger partial charge on any atom is -0.481 e. The van der Waals surface area contributed by atoms with Crippen molar-refractivity contribution in [3.05, 3.63) is 42.3 Å². The Balaban J connectivity index is 1.77. The van der Waals surface area contributed by atoms with Gasteiger partial charge in [0.25, 0.3) is 0 Å². The highest BCUT2D eigenvalue weighted by atomic mass is 32.2. The van der Waals surface area contributed by atoms with Crippen LogP contribution in [0.5, 0.6) is 0 Å². The Morgan fingerprint density at radius 3 is 2.70 bits per heavy atom. The summed E-state index contributed by atoms with van der Waals surface area (Å²) in [6.45, 7) is 5.60. The highest BCUT2D eigenvalue weighted by Crippen LogP contribution is 2.34. The van der Waals surface area contributed by atoms with Crippen LogP contribution in [0.1, 0.15) is 33.1 Å². The second kappa shape index (κ2) is 8.74. The molecule has 1 saturated heterocycles. The first kappa shape index (κ1) is 19.7. The van der Waals surface area contributed by atoms with Gasteiger partial charge in [-0.2, -0.15) is 0 Å². The number of nitrogens with zero attached hydrogens (tertiary/aromatic N) is 2. The molecule has 27 heavy (non-hydrogen) atoms. The zero-order valence-electron chi connectivity index (χ0n) is 15.7. The number of carboxylic acid groups (broad SMARTS) is 1. The van der Waals surface area contributed by atoms with Crippen LogP contribution in [-0.4, -0.2) is 34.4 Å². The highest BCUT2D eigenvalue weighted by molar-refractivity contribution is 7.99. The van der Waals surface area contributed by atoms with E-state index in [0.29, 0.717) is 24.0 Å². The molecule has 1 N–H and O–H groups in total. The van der Waals surface area contributed by atoms with Gasteiger partial charge in [-0.3, -0.25) is 4.79 Å². The molecule has 0 radical (unpaired) electrons. The maximum absolute atomic E-state index is 14.9. The zero-order valence-corrected chi connectivity index (χ0v) is 16.5. The fourth-order valence-electron chi connectivity index (χ4n) is 3.48. The van der Waals surface area contributed by atoms with Crippen molar-refractivity contribution in [3.8, 4) is 11.1 Å². The van der Waals surface area contributed by atoms with E-state index in [1.165, 1.54) is 0 Å². The van der Waals surface area contributed by atoms with E-state index in [2.05, 4.69) is 18.8 Å². The van der Waals surface area contributed by atoms with Crippen LogP contribution in [0, 0.1) is 11.7 Å². The summed E-state index contributed by atoms with van der Waals surface area (Å²) in [6.07, 6.45) is 3.53. The minimum absolute atomic E-state index is 0.187. The first-order chi connectivity index (χ1) is 12.9. The number of hydrogen-bond acceptors (Lipinski definition) is 4. The molecule has 4 nitrogen and oxygen atoms in total. The van der Waals surface area contributed by atoms with E-state index < -0.39 is 5.97 Å². The van der Waals surface area contributed by atoms with Gasteiger partial charge in [0.05, 0.1) is 5.69 Å². The van der Waals surface area contributed by atoms with Crippen molar-refractivity contribution < 1.29 is 14.3 Å². The standard InChI is InChI=1S/C21H25FN2O2S/c1-14(2)27-21-17(4-3-9-23-21)16-5-6-19(18(22)13-16)24-10-7-15(8-11-24)12-20(25)26/h3-6,9,13-15H,7-8,10-12H2,1-2H3,(H,25,26). The molecule has 3 rings (SSSR count). The molecule has 1 fully saturated rings. The van der Waals surface area contributed by atoms with Gasteiger partial charge in [-0.25, -0.2) is 9.37 Å². The van der Waals surface area contributed by atoms with Gasteiger partial charge in [-0.05, 0) is 42.5 Å². The average Bonchev–Trinajstić information content (AvgIpc) is 2.62. The predicted molar refractivity (Wildman–Crippen MR) is 108 cm³/mol. The summed E-state index contributed by atoms with van der Waals surface area (Å²) < 4.78 is 14.9. The van der Waals surface area contributed by atoms with Crippen LogP contribution in [0.2, 0.25) is 0 Å². The lowest BCUT2D eigenvalue weighted by Crippen LogP contribution is -2.34. The second-order valence-corrected chi connectivity index (χ2v) is 8.78. The summed E-state index contributed by atoms with van der Waals surface area (Å²) in [4.78, 5) is 17.3. The van der Waals surface area contributed by atoms with E-state index in [1.54, 1.807) is 24.0 Å². The SMILES string of the molecule is CC(C)Sc1ncccc1-c1ccc(N2CCC(CC(=O)O)CC2)c(F)c1. The highest BCUT2D eigenvalue weighted by Gasteiger charge is 2.23. The van der Waals surface area contributed by atoms with E-state index in [4.69, 9.17) is 5.11 Å². The van der Waals surface area contributed by atoms with Crippen molar-refractivity contribution in [2.24, 2.45) is 5.92 Å². The Morgan fingerprint density at radius 2 is 2.07 bits per heavy atom. The molecular formula is C21H25FN2O2S. The number of rotatable bonds is 6. The average molecular weight is 389 g/mol. The molecule has 2 heterocycles. The predicted octanol–water partition coefficient (Wildman–Crippen LogP) is 5.08. The molecule has 1 aromatic carbocycles. The summed E-state index contributed by atoms with van der Waals surface area (Å²) in [7, 11) is 0. The summed E-state index contributed by atoms with van der Waals surface area (Å²) in [6, 6.07) is 9.21. The Labute approximate surface area is 163 Å². The molecular weight excluding hydrogens is 363 g/mol. The molecule has 0 bridgehead atoms. The van der Waals surface area contributed by atoms with Gasteiger partial charge in [0.2, 0.25) is 0 Å². The molecule has 0 saturated carbocycles. The van der Waals surface area contributed by atoms with Gasteiger partial charge < -0.3 is 10.0 Å². The first-order valence-corrected chi connectivity index (χ1v) is 10.2. The lowest BCUT2D eigenvalue weighted by molar-refractivity contribution is -0.138. The number of halogens is 1. The van der Waals surface area contributed by atoms with Crippen LogP contribution in [0.3, 0.4) is 0 Å². The van der Waals surface area contributed by atoms with E-state index in [9.17, 15) is 9.18 Å². The Morgan fingerprint density at radius 1 is 1.33 bits per heavy atom. The van der Waals surface area contributed by atoms with Gasteiger partial charge in [0.15, 0.2) is 0 Å². The number of carboxylic acids is 1. The number of piperidine rings is 1. The monoisotopic (exact) mass is 388 g/mol. The Bertz CT molecular complexity index is 805. The van der Waals surface area contributed by atoms with Crippen LogP contribution in [0.15, 0.2) is 41.6 Å². The van der Waals surface area contributed by atoms with E-state index >= 15 is 0 Å². The largest absolute Gasteiger partial charge is 0.481 e. The van der Waals surface area contributed by atoms with Crippen molar-refractivity contribution in [1.82, 2.24) is 4.98 Å². The number of anilines is 1. The fraction of sp³-hybridized carbons (Fsp3) is 0.429. The zero-order chi connectivity index (χ0) is 19.4. The summed E-state index contributed by atoms with van der Waals surface area (Å²) in [5.74, 6) is -0.809. The van der Waals surface area contributed by atoms with E-state index in [1.807, 2.05) is 29.2 Å². The van der Waals surface area contributed by atoms with Crippen molar-refractivity contribution in [2.45, 2.75) is 43.4 Å². The van der Waals surface area contributed by atoms with Crippen molar-refractivity contribution in [3.63, 3.8) is 0 Å². The Hall–Kier alpha value is -2.08. The van der Waals surface area contributed by atoms with Gasteiger partial charge >= 0.3 is 5.97 Å². The molecule has 6 heteroatoms. The molecule has 144 valence electrons. The number of hydrogen-bond donors (Lipinski definition) is 1. The molecule has 0 atom stereocenters. The topological polar surface area (TPSA) is 53.4 Å². The van der Waals surface area contributed by atoms with Gasteiger partial charge in [0, 0.05) is 36.5 Å². The third kappa shape index (κ3) is 5.01. The first-order valence-electron chi connectivity index (χ1n) is 9.32. The van der Waals surface area contributed by atoms with Crippen LogP contribution in [-0.2, 0) is 4.79 Å². The van der Waals surface area contributed by atoms with Crippen molar-refractivity contribution in [1.29, 1.82) is 0 Å². The van der Waals surface area contributed by atoms with Crippen LogP contribution >= 0.6 is 11.8 Å². The van der Waals surface area contributed by atoms with E-state index in [-0.39, 0.29) is 18.2 Å². The van der Waals surface area contributed by atoms with Crippen LogP contribution in [0.4, 0.5) is 10.1 Å². The number of aliphatic carboxylic acids is 1. The normalized spacial score (nSPS) is 15.3. The number of pyridine rings is 1. The molecule has 0 spiro atoms.